The summed E-state index contributed by atoms with van der Waals surface area (Å²) in [6.45, 7) is 0. The highest BCUT2D eigenvalue weighted by molar-refractivity contribution is 6.09. The number of aromatic nitrogens is 1. The average Bonchev–Trinajstić information content (AvgIpc) is 3.70. The molecule has 0 unspecified atom stereocenters. The van der Waals surface area contributed by atoms with Gasteiger partial charge < -0.3 is 9.47 Å². The summed E-state index contributed by atoms with van der Waals surface area (Å²) in [5.41, 5.74) is 3.33. The Balaban J connectivity index is 1.22. The maximum absolute atomic E-state index is 9.65. The quantitative estimate of drug-likeness (QED) is 0.151. The SMILES string of the molecule is [2H]c1c([2H])c(N(c2c([2H])c([2H])c(-c3cccc(-c4ccccc4)c3)c([2H])c2[2H])c2c([2H])c([2H])c(-c3cccc(-n4c5ccccc5c5ccccc54)c3)c([2H])c2[2H])c([2H])c([2H])c1-c1ccccc1. The first kappa shape index (κ1) is 22.7. The van der Waals surface area contributed by atoms with E-state index >= 15 is 0 Å². The van der Waals surface area contributed by atoms with Crippen molar-refractivity contribution in [2.75, 3.05) is 4.90 Å². The molecule has 0 N–H and O–H groups in total. The summed E-state index contributed by atoms with van der Waals surface area (Å²) < 4.78 is 116. The third-order valence-electron chi connectivity index (χ3n) is 9.80. The van der Waals surface area contributed by atoms with Gasteiger partial charge >= 0.3 is 0 Å². The summed E-state index contributed by atoms with van der Waals surface area (Å²) >= 11 is 0. The summed E-state index contributed by atoms with van der Waals surface area (Å²) in [5, 5.41) is 2.05. The fourth-order valence-corrected chi connectivity index (χ4v) is 7.11. The zero-order valence-electron chi connectivity index (χ0n) is 41.9. The Hall–Kier alpha value is -7.42. The summed E-state index contributed by atoms with van der Waals surface area (Å²) in [4.78, 5) is 0.847. The molecule has 0 amide bonds. The van der Waals surface area contributed by atoms with Gasteiger partial charge in [-0.05, 0) is 111 Å². The van der Waals surface area contributed by atoms with Crippen LogP contribution >= 0.6 is 0 Å². The molecule has 0 aliphatic carbocycles. The van der Waals surface area contributed by atoms with E-state index in [4.69, 9.17) is 0 Å². The van der Waals surface area contributed by atoms with Crippen molar-refractivity contribution in [1.82, 2.24) is 4.57 Å². The zero-order valence-corrected chi connectivity index (χ0v) is 29.9. The second-order valence-corrected chi connectivity index (χ2v) is 13.2. The van der Waals surface area contributed by atoms with Crippen molar-refractivity contribution in [2.24, 2.45) is 0 Å². The summed E-state index contributed by atoms with van der Waals surface area (Å²) in [6.07, 6.45) is 0. The van der Waals surface area contributed by atoms with Gasteiger partial charge in [-0.25, -0.2) is 0 Å². The standard InChI is InChI=1S/C54H38N2/c1-3-13-39(14-4-1)41-25-31-47(32-26-41)55(48-33-27-42(28-34-48)45-18-11-17-44(37-45)40-15-5-2-6-16-40)49-35-29-43(30-36-49)46-19-12-20-50(38-46)56-53-23-9-7-21-51(53)52-22-8-10-24-54(52)56/h1-38H/i25D,26D,27D,28D,29D,30D,31D,32D,33D,34D,35D,36D. The van der Waals surface area contributed by atoms with E-state index in [1.165, 1.54) is 0 Å². The summed E-state index contributed by atoms with van der Waals surface area (Å²) in [6, 6.07) is 40.7. The van der Waals surface area contributed by atoms with Gasteiger partial charge in [0, 0.05) is 33.5 Å². The van der Waals surface area contributed by atoms with E-state index in [0.29, 0.717) is 22.4 Å². The van der Waals surface area contributed by atoms with E-state index < -0.39 is 89.6 Å². The molecule has 10 aromatic rings. The van der Waals surface area contributed by atoms with Crippen LogP contribution in [0.3, 0.4) is 0 Å². The molecular weight excluding hydrogens is 677 g/mol. The van der Waals surface area contributed by atoms with Crippen LogP contribution in [0.1, 0.15) is 16.4 Å². The first-order chi connectivity index (χ1) is 32.8. The molecule has 0 aliphatic rings. The van der Waals surface area contributed by atoms with Crippen LogP contribution in [0.2, 0.25) is 0 Å². The number of para-hydroxylation sites is 2. The molecule has 0 fully saturated rings. The minimum absolute atomic E-state index is 0.0458. The normalized spacial score (nSPS) is 14.2. The average molecular weight is 727 g/mol. The van der Waals surface area contributed by atoms with Crippen LogP contribution in [0.25, 0.3) is 72.0 Å². The summed E-state index contributed by atoms with van der Waals surface area (Å²) in [7, 11) is 0. The van der Waals surface area contributed by atoms with E-state index in [1.807, 2.05) is 91.0 Å². The van der Waals surface area contributed by atoms with Gasteiger partial charge in [0.1, 0.15) is 0 Å². The van der Waals surface area contributed by atoms with Crippen LogP contribution in [0.5, 0.6) is 0 Å². The van der Waals surface area contributed by atoms with E-state index in [2.05, 4.69) is 4.57 Å². The topological polar surface area (TPSA) is 8.17 Å². The predicted octanol–water partition coefficient (Wildman–Crippen LogP) is 14.9. The second-order valence-electron chi connectivity index (χ2n) is 13.2. The fraction of sp³-hybridized carbons (Fsp3) is 0. The van der Waals surface area contributed by atoms with Gasteiger partial charge in [-0.2, -0.15) is 0 Å². The Bertz CT molecular complexity index is 3530. The van der Waals surface area contributed by atoms with Gasteiger partial charge in [0.05, 0.1) is 27.5 Å². The molecular formula is C54H38N2. The van der Waals surface area contributed by atoms with Crippen molar-refractivity contribution < 1.29 is 16.4 Å². The van der Waals surface area contributed by atoms with Crippen LogP contribution in [0, 0.1) is 0 Å². The summed E-state index contributed by atoms with van der Waals surface area (Å²) in [5.74, 6) is 0. The number of hydrogen-bond donors (Lipinski definition) is 0. The van der Waals surface area contributed by atoms with E-state index in [-0.39, 0.29) is 16.7 Å². The Morgan fingerprint density at radius 3 is 1.16 bits per heavy atom. The molecule has 56 heavy (non-hydrogen) atoms. The largest absolute Gasteiger partial charge is 0.311 e. The Labute approximate surface area is 344 Å². The molecule has 0 radical (unpaired) electrons. The van der Waals surface area contributed by atoms with Crippen molar-refractivity contribution in [2.45, 2.75) is 0 Å². The van der Waals surface area contributed by atoms with Gasteiger partial charge in [0.15, 0.2) is 0 Å². The Kier molecular flexibility index (Phi) is 5.85. The van der Waals surface area contributed by atoms with Gasteiger partial charge in [0.25, 0.3) is 0 Å². The lowest BCUT2D eigenvalue weighted by Gasteiger charge is -2.26. The number of anilines is 3. The number of fused-ring (bicyclic) bond motifs is 3. The van der Waals surface area contributed by atoms with Crippen molar-refractivity contribution in [1.29, 1.82) is 0 Å². The molecule has 10 rings (SSSR count). The van der Waals surface area contributed by atoms with Crippen LogP contribution < -0.4 is 4.90 Å². The lowest BCUT2D eigenvalue weighted by molar-refractivity contribution is 1.18. The maximum atomic E-state index is 9.65. The molecule has 1 aromatic heterocycles. The van der Waals surface area contributed by atoms with Crippen molar-refractivity contribution in [3.8, 4) is 50.2 Å². The molecule has 0 saturated heterocycles. The fourth-order valence-electron chi connectivity index (χ4n) is 7.11. The molecule has 1 heterocycles. The number of hydrogen-bond acceptors (Lipinski definition) is 1. The van der Waals surface area contributed by atoms with Crippen LogP contribution in [0.15, 0.2) is 230 Å². The minimum atomic E-state index is -0.677. The molecule has 0 aliphatic heterocycles. The lowest BCUT2D eigenvalue weighted by atomic mass is 9.98. The Morgan fingerprint density at radius 2 is 0.661 bits per heavy atom. The highest BCUT2D eigenvalue weighted by atomic mass is 15.1. The minimum Gasteiger partial charge on any atom is -0.311 e. The van der Waals surface area contributed by atoms with E-state index in [1.54, 1.807) is 66.7 Å². The number of nitrogens with zero attached hydrogens (tertiary/aromatic N) is 2. The highest BCUT2D eigenvalue weighted by Crippen LogP contribution is 2.39. The highest BCUT2D eigenvalue weighted by Gasteiger charge is 2.15. The van der Waals surface area contributed by atoms with Crippen molar-refractivity contribution in [3.05, 3.63) is 230 Å². The van der Waals surface area contributed by atoms with E-state index in [0.717, 1.165) is 37.8 Å². The molecule has 0 bridgehead atoms. The third kappa shape index (κ3) is 6.24. The Morgan fingerprint density at radius 1 is 0.304 bits per heavy atom. The molecule has 2 nitrogen and oxygen atoms in total. The second kappa shape index (κ2) is 14.4. The lowest BCUT2D eigenvalue weighted by Crippen LogP contribution is -2.09. The van der Waals surface area contributed by atoms with Gasteiger partial charge in [-0.3, -0.25) is 0 Å². The molecule has 0 saturated carbocycles. The van der Waals surface area contributed by atoms with E-state index in [9.17, 15) is 16.4 Å². The monoisotopic (exact) mass is 726 g/mol. The van der Waals surface area contributed by atoms with Crippen molar-refractivity contribution in [3.63, 3.8) is 0 Å². The first-order valence-electron chi connectivity index (χ1n) is 24.2. The molecule has 264 valence electrons. The molecule has 2 heteroatoms. The van der Waals surface area contributed by atoms with Crippen molar-refractivity contribution >= 4 is 38.9 Å². The molecule has 0 spiro atoms. The number of benzene rings is 9. The third-order valence-corrected chi connectivity index (χ3v) is 9.80. The van der Waals surface area contributed by atoms with Gasteiger partial charge in [-0.1, -0.05) is 164 Å². The van der Waals surface area contributed by atoms with Gasteiger partial charge in [0.2, 0.25) is 0 Å². The zero-order chi connectivity index (χ0) is 47.7. The van der Waals surface area contributed by atoms with Gasteiger partial charge in [-0.15, -0.1) is 0 Å². The molecule has 0 atom stereocenters. The smallest absolute Gasteiger partial charge is 0.0645 e. The van der Waals surface area contributed by atoms with Crippen LogP contribution in [-0.2, 0) is 0 Å². The van der Waals surface area contributed by atoms with Crippen LogP contribution in [0.4, 0.5) is 17.1 Å². The first-order valence-corrected chi connectivity index (χ1v) is 18.2. The predicted molar refractivity (Wildman–Crippen MR) is 237 cm³/mol. The maximum Gasteiger partial charge on any atom is 0.0645 e. The number of rotatable bonds is 8. The molecule has 9 aromatic carbocycles. The van der Waals surface area contributed by atoms with Crippen LogP contribution in [-0.4, -0.2) is 4.57 Å².